The average Bonchev–Trinajstić information content (AvgIpc) is 2.97. The van der Waals surface area contributed by atoms with Crippen molar-refractivity contribution < 1.29 is 27.3 Å². The number of hydrogen-bond acceptors (Lipinski definition) is 4. The molecule has 2 amide bonds. The number of benzene rings is 1. The molecule has 0 atom stereocenters. The lowest BCUT2D eigenvalue weighted by molar-refractivity contribution is -0.137. The third-order valence-electron chi connectivity index (χ3n) is 3.56. The Balaban J connectivity index is 2.12. The van der Waals surface area contributed by atoms with E-state index in [9.17, 15) is 22.8 Å². The first-order valence-electron chi connectivity index (χ1n) is 8.26. The highest BCUT2D eigenvalue weighted by atomic mass is 19.4. The summed E-state index contributed by atoms with van der Waals surface area (Å²) in [5.41, 5.74) is -0.762. The van der Waals surface area contributed by atoms with Gasteiger partial charge in [0.15, 0.2) is 5.82 Å². The molecule has 9 heteroatoms. The SMILES string of the molecule is Cc1cc(NC(=O)CN(CC(C)C)C(=O)c2ccc(C(F)(F)F)cc2)no1. The van der Waals surface area contributed by atoms with Gasteiger partial charge in [-0.2, -0.15) is 13.2 Å². The van der Waals surface area contributed by atoms with E-state index >= 15 is 0 Å². The summed E-state index contributed by atoms with van der Waals surface area (Å²) in [6, 6.07) is 5.44. The van der Waals surface area contributed by atoms with Gasteiger partial charge in [0, 0.05) is 18.2 Å². The van der Waals surface area contributed by atoms with E-state index in [1.54, 1.807) is 6.92 Å². The summed E-state index contributed by atoms with van der Waals surface area (Å²) in [6.07, 6.45) is -4.48. The lowest BCUT2D eigenvalue weighted by atomic mass is 10.1. The molecule has 6 nitrogen and oxygen atoms in total. The quantitative estimate of drug-likeness (QED) is 0.825. The molecule has 0 aliphatic heterocycles. The highest BCUT2D eigenvalue weighted by Gasteiger charge is 2.30. The van der Waals surface area contributed by atoms with E-state index in [1.165, 1.54) is 11.0 Å². The summed E-state index contributed by atoms with van der Waals surface area (Å²) in [5.74, 6) is -0.201. The molecule has 0 aliphatic carbocycles. The van der Waals surface area contributed by atoms with Gasteiger partial charge in [0.2, 0.25) is 5.91 Å². The molecule has 27 heavy (non-hydrogen) atoms. The summed E-state index contributed by atoms with van der Waals surface area (Å²) in [6.45, 7) is 5.41. The number of nitrogens with one attached hydrogen (secondary N) is 1. The van der Waals surface area contributed by atoms with Crippen LogP contribution < -0.4 is 5.32 Å². The second-order valence-electron chi connectivity index (χ2n) is 6.53. The molecular weight excluding hydrogens is 363 g/mol. The van der Waals surface area contributed by atoms with E-state index in [4.69, 9.17) is 4.52 Å². The zero-order chi connectivity index (χ0) is 20.2. The van der Waals surface area contributed by atoms with Gasteiger partial charge < -0.3 is 14.7 Å². The van der Waals surface area contributed by atoms with Crippen LogP contribution in [0.5, 0.6) is 0 Å². The fraction of sp³-hybridized carbons (Fsp3) is 0.389. The Labute approximate surface area is 154 Å². The fourth-order valence-corrected chi connectivity index (χ4v) is 2.43. The van der Waals surface area contributed by atoms with E-state index in [2.05, 4.69) is 10.5 Å². The standard InChI is InChI=1S/C18H20F3N3O3/c1-11(2)9-24(10-16(25)22-15-8-12(3)27-23-15)17(26)13-4-6-14(7-5-13)18(19,20)21/h4-8,11H,9-10H2,1-3H3,(H,22,23,25). The Kier molecular flexibility index (Phi) is 6.24. The Bertz CT molecular complexity index is 798. The number of rotatable bonds is 6. The molecule has 2 rings (SSSR count). The summed E-state index contributed by atoms with van der Waals surface area (Å²) in [4.78, 5) is 26.2. The van der Waals surface area contributed by atoms with Crippen molar-refractivity contribution in [2.45, 2.75) is 26.9 Å². The van der Waals surface area contributed by atoms with E-state index in [0.29, 0.717) is 5.76 Å². The summed E-state index contributed by atoms with van der Waals surface area (Å²) < 4.78 is 42.9. The van der Waals surface area contributed by atoms with Crippen LogP contribution in [-0.4, -0.2) is 35.0 Å². The van der Waals surface area contributed by atoms with Crippen molar-refractivity contribution in [3.05, 3.63) is 47.2 Å². The van der Waals surface area contributed by atoms with Crippen LogP contribution in [-0.2, 0) is 11.0 Å². The van der Waals surface area contributed by atoms with E-state index in [1.807, 2.05) is 13.8 Å². The van der Waals surface area contributed by atoms with Gasteiger partial charge in [0.1, 0.15) is 12.3 Å². The molecule has 0 spiro atoms. The van der Waals surface area contributed by atoms with E-state index in [0.717, 1.165) is 24.3 Å². The lowest BCUT2D eigenvalue weighted by Gasteiger charge is -2.24. The average molecular weight is 383 g/mol. The van der Waals surface area contributed by atoms with Gasteiger partial charge in [-0.05, 0) is 37.1 Å². The minimum Gasteiger partial charge on any atom is -0.360 e. The first-order valence-corrected chi connectivity index (χ1v) is 8.26. The third kappa shape index (κ3) is 5.83. The Morgan fingerprint density at radius 1 is 1.22 bits per heavy atom. The summed E-state index contributed by atoms with van der Waals surface area (Å²) >= 11 is 0. The van der Waals surface area contributed by atoms with Gasteiger partial charge in [0.05, 0.1) is 5.56 Å². The van der Waals surface area contributed by atoms with Crippen LogP contribution in [0.4, 0.5) is 19.0 Å². The zero-order valence-electron chi connectivity index (χ0n) is 15.1. The highest BCUT2D eigenvalue weighted by Crippen LogP contribution is 2.29. The maximum Gasteiger partial charge on any atom is 0.416 e. The molecule has 1 aromatic heterocycles. The van der Waals surface area contributed by atoms with Crippen molar-refractivity contribution in [2.75, 3.05) is 18.4 Å². The molecule has 1 N–H and O–H groups in total. The number of hydrogen-bond donors (Lipinski definition) is 1. The number of halogens is 3. The summed E-state index contributed by atoms with van der Waals surface area (Å²) in [5, 5.41) is 6.16. The molecule has 1 aromatic carbocycles. The van der Waals surface area contributed by atoms with E-state index < -0.39 is 23.6 Å². The number of alkyl halides is 3. The number of nitrogens with zero attached hydrogens (tertiary/aromatic N) is 2. The molecule has 0 radical (unpaired) electrons. The maximum absolute atomic E-state index is 12.7. The number of amides is 2. The lowest BCUT2D eigenvalue weighted by Crippen LogP contribution is -2.40. The molecule has 0 saturated heterocycles. The van der Waals surface area contributed by atoms with Gasteiger partial charge >= 0.3 is 6.18 Å². The van der Waals surface area contributed by atoms with Crippen molar-refractivity contribution in [2.24, 2.45) is 5.92 Å². The largest absolute Gasteiger partial charge is 0.416 e. The minimum absolute atomic E-state index is 0.0606. The molecule has 0 bridgehead atoms. The minimum atomic E-state index is -4.48. The number of aryl methyl sites for hydroxylation is 1. The maximum atomic E-state index is 12.7. The van der Waals surface area contributed by atoms with Gasteiger partial charge in [-0.3, -0.25) is 9.59 Å². The van der Waals surface area contributed by atoms with Gasteiger partial charge in [-0.25, -0.2) is 0 Å². The van der Waals surface area contributed by atoms with Crippen molar-refractivity contribution in [3.63, 3.8) is 0 Å². The van der Waals surface area contributed by atoms with Crippen LogP contribution in [0.3, 0.4) is 0 Å². The van der Waals surface area contributed by atoms with Crippen LogP contribution >= 0.6 is 0 Å². The van der Waals surface area contributed by atoms with Crippen LogP contribution in [0.15, 0.2) is 34.9 Å². The van der Waals surface area contributed by atoms with Crippen LogP contribution in [0.1, 0.15) is 35.5 Å². The Morgan fingerprint density at radius 3 is 2.33 bits per heavy atom. The monoisotopic (exact) mass is 383 g/mol. The van der Waals surface area contributed by atoms with Crippen LogP contribution in [0.2, 0.25) is 0 Å². The predicted octanol–water partition coefficient (Wildman–Crippen LogP) is 3.74. The van der Waals surface area contributed by atoms with E-state index in [-0.39, 0.29) is 30.4 Å². The number of aromatic nitrogens is 1. The van der Waals surface area contributed by atoms with Gasteiger partial charge in [-0.1, -0.05) is 19.0 Å². The van der Waals surface area contributed by atoms with Crippen molar-refractivity contribution in [1.29, 1.82) is 0 Å². The van der Waals surface area contributed by atoms with Crippen molar-refractivity contribution in [3.8, 4) is 0 Å². The fourth-order valence-electron chi connectivity index (χ4n) is 2.43. The van der Waals surface area contributed by atoms with Crippen LogP contribution in [0.25, 0.3) is 0 Å². The van der Waals surface area contributed by atoms with Gasteiger partial charge in [-0.15, -0.1) is 0 Å². The summed E-state index contributed by atoms with van der Waals surface area (Å²) in [7, 11) is 0. The second-order valence-corrected chi connectivity index (χ2v) is 6.53. The topological polar surface area (TPSA) is 75.4 Å². The third-order valence-corrected chi connectivity index (χ3v) is 3.56. The molecule has 2 aromatic rings. The predicted molar refractivity (Wildman–Crippen MR) is 92.1 cm³/mol. The smallest absolute Gasteiger partial charge is 0.360 e. The molecule has 146 valence electrons. The second kappa shape index (κ2) is 8.24. The van der Waals surface area contributed by atoms with Crippen molar-refractivity contribution >= 4 is 17.6 Å². The molecule has 0 unspecified atom stereocenters. The Hall–Kier alpha value is -2.84. The number of carbonyl (C=O) groups excluding carboxylic acids is 2. The zero-order valence-corrected chi connectivity index (χ0v) is 15.1. The van der Waals surface area contributed by atoms with Gasteiger partial charge in [0.25, 0.3) is 5.91 Å². The Morgan fingerprint density at radius 2 is 1.85 bits per heavy atom. The first-order chi connectivity index (χ1) is 12.6. The molecule has 1 heterocycles. The first kappa shape index (κ1) is 20.5. The molecular formula is C18H20F3N3O3. The van der Waals surface area contributed by atoms with Crippen molar-refractivity contribution in [1.82, 2.24) is 10.1 Å². The number of carbonyl (C=O) groups is 2. The normalized spacial score (nSPS) is 11.5. The van der Waals surface area contributed by atoms with Crippen LogP contribution in [0, 0.1) is 12.8 Å². The highest BCUT2D eigenvalue weighted by molar-refractivity contribution is 5.99. The molecule has 0 aliphatic rings. The molecule has 0 fully saturated rings. The molecule has 0 saturated carbocycles. The number of anilines is 1.